The molecule has 1 N–H and O–H groups in total. The Morgan fingerprint density at radius 2 is 2.44 bits per heavy atom. The van der Waals surface area contributed by atoms with Crippen molar-refractivity contribution in [1.29, 1.82) is 0 Å². The average molecular weight is 124 g/mol. The van der Waals surface area contributed by atoms with Gasteiger partial charge < -0.3 is 4.98 Å². The van der Waals surface area contributed by atoms with Crippen molar-refractivity contribution in [1.82, 2.24) is 4.98 Å². The first-order valence-electron chi connectivity index (χ1n) is 3.14. The van der Waals surface area contributed by atoms with Gasteiger partial charge in [-0.1, -0.05) is 0 Å². The highest BCUT2D eigenvalue weighted by molar-refractivity contribution is 5.03. The van der Waals surface area contributed by atoms with Crippen molar-refractivity contribution in [3.8, 4) is 0 Å². The first-order chi connectivity index (χ1) is 4.43. The minimum Gasteiger partial charge on any atom is -0.365 e. The third-order valence-electron chi connectivity index (χ3n) is 1.25. The highest BCUT2D eigenvalue weighted by Crippen LogP contribution is 1.97. The van der Waals surface area contributed by atoms with Gasteiger partial charge in [0.15, 0.2) is 0 Å². The summed E-state index contributed by atoms with van der Waals surface area (Å²) in [5.41, 5.74) is 1.16. The van der Waals surface area contributed by atoms with Gasteiger partial charge in [-0.05, 0) is 25.0 Å². The molecule has 1 heterocycles. The maximum atomic E-state index is 10.0. The number of hydrogen-bond donors (Lipinski definition) is 1. The quantitative estimate of drug-likeness (QED) is 0.632. The lowest BCUT2D eigenvalue weighted by Crippen LogP contribution is -1.86. The van der Waals surface area contributed by atoms with Crippen LogP contribution in [0.15, 0.2) is 18.3 Å². The zero-order chi connectivity index (χ0) is 6.53. The van der Waals surface area contributed by atoms with Crippen LogP contribution in [0.1, 0.15) is 12.1 Å². The Morgan fingerprint density at radius 3 is 3.00 bits per heavy atom. The molecular weight excluding hydrogens is 114 g/mol. The van der Waals surface area contributed by atoms with Crippen molar-refractivity contribution in [3.63, 3.8) is 0 Å². The number of aryl methyl sites for hydroxylation is 1. The fourth-order valence-electron chi connectivity index (χ4n) is 0.786. The van der Waals surface area contributed by atoms with E-state index in [-0.39, 0.29) is 6.61 Å². The van der Waals surface area contributed by atoms with Crippen LogP contribution in [-0.4, -0.2) is 11.6 Å². The molecule has 1 radical (unpaired) electrons. The molecule has 2 nitrogen and oxygen atoms in total. The summed E-state index contributed by atoms with van der Waals surface area (Å²) in [5, 5.41) is 10.0. The van der Waals surface area contributed by atoms with Gasteiger partial charge in [-0.3, -0.25) is 0 Å². The van der Waals surface area contributed by atoms with Gasteiger partial charge in [0.2, 0.25) is 0 Å². The molecule has 0 aliphatic carbocycles. The van der Waals surface area contributed by atoms with Crippen molar-refractivity contribution < 1.29 is 5.11 Å². The molecule has 0 atom stereocenters. The summed E-state index contributed by atoms with van der Waals surface area (Å²) in [6.07, 6.45) is 3.50. The van der Waals surface area contributed by atoms with Crippen molar-refractivity contribution in [3.05, 3.63) is 24.0 Å². The van der Waals surface area contributed by atoms with E-state index in [0.29, 0.717) is 0 Å². The summed E-state index contributed by atoms with van der Waals surface area (Å²) in [5.74, 6) is 0. The molecule has 2 heteroatoms. The molecule has 0 saturated heterocycles. The van der Waals surface area contributed by atoms with E-state index >= 15 is 0 Å². The molecule has 0 unspecified atom stereocenters. The molecule has 0 spiro atoms. The number of H-pyrrole nitrogens is 1. The molecule has 0 fully saturated rings. The normalized spacial score (nSPS) is 9.89. The molecule has 0 aromatic carbocycles. The summed E-state index contributed by atoms with van der Waals surface area (Å²) in [4.78, 5) is 3.03. The second-order valence-electron chi connectivity index (χ2n) is 2.00. The Bertz CT molecular complexity index is 146. The molecule has 0 aliphatic heterocycles. The number of rotatable bonds is 3. The first kappa shape index (κ1) is 6.36. The van der Waals surface area contributed by atoms with Gasteiger partial charge in [0, 0.05) is 11.9 Å². The highest BCUT2D eigenvalue weighted by atomic mass is 16.2. The predicted molar refractivity (Wildman–Crippen MR) is 34.7 cm³/mol. The van der Waals surface area contributed by atoms with Crippen LogP contribution in [-0.2, 0) is 11.5 Å². The lowest BCUT2D eigenvalue weighted by Gasteiger charge is -1.90. The van der Waals surface area contributed by atoms with Crippen LogP contribution >= 0.6 is 0 Å². The van der Waals surface area contributed by atoms with Crippen LogP contribution < -0.4 is 0 Å². The van der Waals surface area contributed by atoms with Gasteiger partial charge in [-0.25, -0.2) is 5.11 Å². The van der Waals surface area contributed by atoms with Crippen molar-refractivity contribution in [2.75, 3.05) is 6.61 Å². The van der Waals surface area contributed by atoms with Gasteiger partial charge in [-0.15, -0.1) is 0 Å². The van der Waals surface area contributed by atoms with Gasteiger partial charge in [0.1, 0.15) is 0 Å². The zero-order valence-electron chi connectivity index (χ0n) is 5.26. The number of nitrogens with one attached hydrogen (secondary N) is 1. The van der Waals surface area contributed by atoms with Crippen LogP contribution in [0.2, 0.25) is 0 Å². The van der Waals surface area contributed by atoms with Crippen molar-refractivity contribution in [2.24, 2.45) is 0 Å². The highest BCUT2D eigenvalue weighted by Gasteiger charge is 1.89. The van der Waals surface area contributed by atoms with Crippen LogP contribution in [0.3, 0.4) is 0 Å². The monoisotopic (exact) mass is 124 g/mol. The summed E-state index contributed by atoms with van der Waals surface area (Å²) >= 11 is 0. The lowest BCUT2D eigenvalue weighted by molar-refractivity contribution is 0.189. The summed E-state index contributed by atoms with van der Waals surface area (Å²) in [7, 11) is 0. The summed E-state index contributed by atoms with van der Waals surface area (Å²) in [6.45, 7) is 0.0268. The van der Waals surface area contributed by atoms with E-state index in [9.17, 15) is 5.11 Å². The third kappa shape index (κ3) is 1.90. The van der Waals surface area contributed by atoms with Crippen LogP contribution in [0.4, 0.5) is 0 Å². The SMILES string of the molecule is [O]CCCc1ccc[nH]1. The first-order valence-corrected chi connectivity index (χ1v) is 3.14. The topological polar surface area (TPSA) is 35.7 Å². The van der Waals surface area contributed by atoms with Crippen molar-refractivity contribution in [2.45, 2.75) is 12.8 Å². The molecule has 1 rings (SSSR count). The maximum Gasteiger partial charge on any atom is 0.0826 e. The predicted octanol–water partition coefficient (Wildman–Crippen LogP) is 1.38. The van der Waals surface area contributed by atoms with E-state index in [0.717, 1.165) is 18.5 Å². The van der Waals surface area contributed by atoms with Crippen LogP contribution in [0, 0.1) is 0 Å². The van der Waals surface area contributed by atoms with E-state index in [1.807, 2.05) is 18.3 Å². The van der Waals surface area contributed by atoms with E-state index in [1.165, 1.54) is 0 Å². The number of hydrogen-bond acceptors (Lipinski definition) is 0. The zero-order valence-corrected chi connectivity index (χ0v) is 5.26. The van der Waals surface area contributed by atoms with E-state index < -0.39 is 0 Å². The average Bonchev–Trinajstić information content (AvgIpc) is 2.34. The molecule has 0 saturated carbocycles. The van der Waals surface area contributed by atoms with Crippen molar-refractivity contribution >= 4 is 0 Å². The summed E-state index contributed by atoms with van der Waals surface area (Å²) in [6, 6.07) is 3.94. The largest absolute Gasteiger partial charge is 0.365 e. The molecular formula is C7H10NO. The number of aromatic amines is 1. The van der Waals surface area contributed by atoms with Gasteiger partial charge >= 0.3 is 0 Å². The standard InChI is InChI=1S/C7H10NO/c9-6-2-4-7-3-1-5-8-7/h1,3,5,8H,2,4,6H2. The molecule has 1 aromatic rings. The minimum absolute atomic E-state index is 0.0268. The number of aromatic nitrogens is 1. The fraction of sp³-hybridized carbons (Fsp3) is 0.429. The Hall–Kier alpha value is -0.760. The van der Waals surface area contributed by atoms with Crippen LogP contribution in [0.25, 0.3) is 0 Å². The van der Waals surface area contributed by atoms with E-state index in [1.54, 1.807) is 0 Å². The van der Waals surface area contributed by atoms with Crippen LogP contribution in [0.5, 0.6) is 0 Å². The molecule has 9 heavy (non-hydrogen) atoms. The lowest BCUT2D eigenvalue weighted by atomic mass is 10.2. The smallest absolute Gasteiger partial charge is 0.0826 e. The van der Waals surface area contributed by atoms with E-state index in [4.69, 9.17) is 0 Å². The van der Waals surface area contributed by atoms with Gasteiger partial charge in [0.25, 0.3) is 0 Å². The molecule has 49 valence electrons. The Balaban J connectivity index is 2.30. The molecule has 0 aliphatic rings. The molecule has 0 bridgehead atoms. The van der Waals surface area contributed by atoms with Gasteiger partial charge in [-0.2, -0.15) is 0 Å². The minimum atomic E-state index is 0.0268. The Labute approximate surface area is 54.5 Å². The molecule has 0 amide bonds. The fourth-order valence-corrected chi connectivity index (χ4v) is 0.786. The maximum absolute atomic E-state index is 10.0. The molecule has 1 aromatic heterocycles. The Morgan fingerprint density at radius 1 is 1.56 bits per heavy atom. The second-order valence-corrected chi connectivity index (χ2v) is 2.00. The van der Waals surface area contributed by atoms with Gasteiger partial charge in [0.05, 0.1) is 6.61 Å². The Kier molecular flexibility index (Phi) is 2.33. The third-order valence-corrected chi connectivity index (χ3v) is 1.25. The summed E-state index contributed by atoms with van der Waals surface area (Å²) < 4.78 is 0. The second kappa shape index (κ2) is 3.30. The van der Waals surface area contributed by atoms with E-state index in [2.05, 4.69) is 4.98 Å².